The zero-order chi connectivity index (χ0) is 17.9. The summed E-state index contributed by atoms with van der Waals surface area (Å²) in [6.07, 6.45) is 7.22. The van der Waals surface area contributed by atoms with Gasteiger partial charge in [-0.1, -0.05) is 33.8 Å². The summed E-state index contributed by atoms with van der Waals surface area (Å²) in [5.74, 6) is 0. The van der Waals surface area contributed by atoms with Crippen LogP contribution in [0, 0.1) is 13.8 Å². The van der Waals surface area contributed by atoms with E-state index in [4.69, 9.17) is 0 Å². The van der Waals surface area contributed by atoms with Gasteiger partial charge in [0.15, 0.2) is 0 Å². The molecule has 128 valence electrons. The summed E-state index contributed by atoms with van der Waals surface area (Å²) in [5.41, 5.74) is 4.53. The van der Waals surface area contributed by atoms with Crippen molar-refractivity contribution in [2.24, 2.45) is 0 Å². The molecular formula is C19H27N5. The van der Waals surface area contributed by atoms with E-state index in [-0.39, 0.29) is 0 Å². The maximum absolute atomic E-state index is 4.10. The van der Waals surface area contributed by atoms with E-state index in [1.54, 1.807) is 6.33 Å². The van der Waals surface area contributed by atoms with Crippen molar-refractivity contribution in [2.75, 3.05) is 0 Å². The molecule has 0 aliphatic carbocycles. The van der Waals surface area contributed by atoms with Crippen molar-refractivity contribution in [2.45, 2.75) is 41.5 Å². The fourth-order valence-corrected chi connectivity index (χ4v) is 2.09. The highest BCUT2D eigenvalue weighted by Crippen LogP contribution is 2.06. The fraction of sp³-hybridized carbons (Fsp3) is 0.316. The summed E-state index contributed by atoms with van der Waals surface area (Å²) in [6, 6.07) is 10.0. The molecule has 0 bridgehead atoms. The zero-order valence-electron chi connectivity index (χ0n) is 15.4. The summed E-state index contributed by atoms with van der Waals surface area (Å²) >= 11 is 0. The highest BCUT2D eigenvalue weighted by molar-refractivity contribution is 5.52. The van der Waals surface area contributed by atoms with Crippen LogP contribution in [0.1, 0.15) is 39.0 Å². The normalized spacial score (nSPS) is 9.25. The third-order valence-electron chi connectivity index (χ3n) is 3.17. The Kier molecular flexibility index (Phi) is 8.19. The number of hydrogen-bond acceptors (Lipinski definition) is 3. The Bertz CT molecular complexity index is 773. The summed E-state index contributed by atoms with van der Waals surface area (Å²) in [4.78, 5) is 4.05. The van der Waals surface area contributed by atoms with E-state index < -0.39 is 0 Å². The molecule has 0 aliphatic rings. The minimum atomic E-state index is 1.01. The lowest BCUT2D eigenvalue weighted by atomic mass is 10.2. The average Bonchev–Trinajstić information content (AvgIpc) is 3.29. The maximum Gasteiger partial charge on any atom is 0.136 e. The highest BCUT2D eigenvalue weighted by Gasteiger charge is 1.94. The summed E-state index contributed by atoms with van der Waals surface area (Å²) in [7, 11) is 0. The molecule has 0 amide bonds. The van der Waals surface area contributed by atoms with Gasteiger partial charge in [-0.25, -0.2) is 14.0 Å². The third-order valence-corrected chi connectivity index (χ3v) is 3.17. The SMILES string of the molecule is CC.CC.Cc1cccn2nccc12.Cc1ncnn2cccc12. The number of hydrogen-bond donors (Lipinski definition) is 0. The molecule has 0 saturated carbocycles. The van der Waals surface area contributed by atoms with Gasteiger partial charge in [0, 0.05) is 18.6 Å². The monoisotopic (exact) mass is 325 g/mol. The van der Waals surface area contributed by atoms with E-state index in [0.29, 0.717) is 0 Å². The smallest absolute Gasteiger partial charge is 0.136 e. The van der Waals surface area contributed by atoms with Crippen LogP contribution in [0.15, 0.2) is 55.2 Å². The van der Waals surface area contributed by atoms with Crippen molar-refractivity contribution in [3.63, 3.8) is 0 Å². The lowest BCUT2D eigenvalue weighted by Crippen LogP contribution is -1.92. The molecule has 0 aromatic carbocycles. The van der Waals surface area contributed by atoms with Crippen molar-refractivity contribution in [3.05, 3.63) is 66.5 Å². The van der Waals surface area contributed by atoms with E-state index >= 15 is 0 Å². The molecule has 24 heavy (non-hydrogen) atoms. The van der Waals surface area contributed by atoms with Crippen LogP contribution < -0.4 is 0 Å². The first-order valence-corrected chi connectivity index (χ1v) is 8.39. The van der Waals surface area contributed by atoms with Crippen molar-refractivity contribution >= 4 is 11.0 Å². The van der Waals surface area contributed by atoms with Crippen LogP contribution in [0.4, 0.5) is 0 Å². The van der Waals surface area contributed by atoms with Gasteiger partial charge in [0.05, 0.1) is 16.7 Å². The third kappa shape index (κ3) is 4.65. The number of pyridine rings is 1. The van der Waals surface area contributed by atoms with Gasteiger partial charge < -0.3 is 0 Å². The molecule has 0 radical (unpaired) electrons. The number of fused-ring (bicyclic) bond motifs is 2. The van der Waals surface area contributed by atoms with E-state index in [9.17, 15) is 0 Å². The Hall–Kier alpha value is -2.69. The van der Waals surface area contributed by atoms with Gasteiger partial charge in [-0.3, -0.25) is 0 Å². The summed E-state index contributed by atoms with van der Waals surface area (Å²) in [6.45, 7) is 12.0. The van der Waals surface area contributed by atoms with E-state index in [2.05, 4.69) is 28.2 Å². The lowest BCUT2D eigenvalue weighted by Gasteiger charge is -1.94. The Morgan fingerprint density at radius 2 is 1.38 bits per heavy atom. The maximum atomic E-state index is 4.10. The molecule has 0 N–H and O–H groups in total. The molecule has 4 aromatic heterocycles. The van der Waals surface area contributed by atoms with Crippen molar-refractivity contribution < 1.29 is 0 Å². The Labute approximate surface area is 144 Å². The van der Waals surface area contributed by atoms with Crippen molar-refractivity contribution in [1.82, 2.24) is 24.2 Å². The van der Waals surface area contributed by atoms with E-state index in [1.807, 2.05) is 86.5 Å². The van der Waals surface area contributed by atoms with Gasteiger partial charge in [0.1, 0.15) is 6.33 Å². The number of aryl methyl sites for hydroxylation is 2. The largest absolute Gasteiger partial charge is 0.241 e. The Morgan fingerprint density at radius 3 is 2.00 bits per heavy atom. The van der Waals surface area contributed by atoms with Crippen LogP contribution >= 0.6 is 0 Å². The predicted octanol–water partition coefficient (Wildman–Crippen LogP) is 4.73. The second-order valence-corrected chi connectivity index (χ2v) is 4.54. The highest BCUT2D eigenvalue weighted by atomic mass is 15.2. The standard InChI is InChI=1S/C8H8N2.C7H7N3.2C2H6/c1-7-3-2-6-10-8(7)4-5-9-10;1-6-7-3-2-4-10(7)9-5-8-6;2*1-2/h2-6H,1H3;2-5H,1H3;2*1-2H3. The molecule has 4 rings (SSSR count). The minimum absolute atomic E-state index is 1.01. The molecule has 0 fully saturated rings. The topological polar surface area (TPSA) is 47.5 Å². The van der Waals surface area contributed by atoms with Crippen LogP contribution in [0.5, 0.6) is 0 Å². The van der Waals surface area contributed by atoms with Crippen LogP contribution in [-0.2, 0) is 0 Å². The van der Waals surface area contributed by atoms with Gasteiger partial charge in [-0.15, -0.1) is 0 Å². The number of aromatic nitrogens is 5. The Balaban J connectivity index is 0.000000199. The molecule has 0 spiro atoms. The Morgan fingerprint density at radius 1 is 0.750 bits per heavy atom. The first kappa shape index (κ1) is 19.4. The van der Waals surface area contributed by atoms with Crippen LogP contribution in [0.25, 0.3) is 11.0 Å². The second-order valence-electron chi connectivity index (χ2n) is 4.54. The first-order chi connectivity index (χ1) is 11.8. The molecule has 0 aliphatic heterocycles. The van der Waals surface area contributed by atoms with Crippen LogP contribution in [0.2, 0.25) is 0 Å². The first-order valence-electron chi connectivity index (χ1n) is 8.39. The zero-order valence-corrected chi connectivity index (χ0v) is 15.4. The fourth-order valence-electron chi connectivity index (χ4n) is 2.09. The number of nitrogens with zero attached hydrogens (tertiary/aromatic N) is 5. The van der Waals surface area contributed by atoms with Crippen molar-refractivity contribution in [1.29, 1.82) is 0 Å². The van der Waals surface area contributed by atoms with Gasteiger partial charge in [-0.05, 0) is 43.7 Å². The van der Waals surface area contributed by atoms with E-state index in [1.165, 1.54) is 11.1 Å². The molecule has 0 unspecified atom stereocenters. The molecule has 4 aromatic rings. The lowest BCUT2D eigenvalue weighted by molar-refractivity contribution is 0.887. The van der Waals surface area contributed by atoms with Gasteiger partial charge >= 0.3 is 0 Å². The van der Waals surface area contributed by atoms with Gasteiger partial charge in [-0.2, -0.15) is 10.2 Å². The summed E-state index contributed by atoms with van der Waals surface area (Å²) < 4.78 is 3.68. The van der Waals surface area contributed by atoms with Crippen LogP contribution in [0.3, 0.4) is 0 Å². The molecule has 4 heterocycles. The summed E-state index contributed by atoms with van der Waals surface area (Å²) in [5, 5.41) is 8.10. The van der Waals surface area contributed by atoms with Crippen molar-refractivity contribution in [3.8, 4) is 0 Å². The quantitative estimate of drug-likeness (QED) is 0.469. The predicted molar refractivity (Wildman–Crippen MR) is 100 cm³/mol. The van der Waals surface area contributed by atoms with Gasteiger partial charge in [0.25, 0.3) is 0 Å². The molecule has 0 atom stereocenters. The average molecular weight is 325 g/mol. The molecular weight excluding hydrogens is 298 g/mol. The second kappa shape index (κ2) is 10.2. The molecule has 0 saturated heterocycles. The van der Waals surface area contributed by atoms with Crippen LogP contribution in [-0.4, -0.2) is 24.2 Å². The van der Waals surface area contributed by atoms with E-state index in [0.717, 1.165) is 11.2 Å². The molecule has 5 heteroatoms. The minimum Gasteiger partial charge on any atom is -0.241 e. The van der Waals surface area contributed by atoms with Gasteiger partial charge in [0.2, 0.25) is 0 Å². The number of rotatable bonds is 0. The molecule has 5 nitrogen and oxygen atoms in total.